The molecule has 0 radical (unpaired) electrons. The first-order valence-electron chi connectivity index (χ1n) is 7.11. The van der Waals surface area contributed by atoms with E-state index in [4.69, 9.17) is 16.3 Å². The first-order chi connectivity index (χ1) is 10.1. The number of ether oxygens (including phenoxy) is 1. The summed E-state index contributed by atoms with van der Waals surface area (Å²) in [5, 5.41) is 4.00. The van der Waals surface area contributed by atoms with Crippen LogP contribution in [0.3, 0.4) is 0 Å². The number of aromatic nitrogens is 1. The summed E-state index contributed by atoms with van der Waals surface area (Å²) >= 11 is 6.28. The summed E-state index contributed by atoms with van der Waals surface area (Å²) in [6.45, 7) is 7.49. The second kappa shape index (κ2) is 7.43. The molecule has 0 atom stereocenters. The number of hydrogen-bond donors (Lipinski definition) is 1. The molecule has 21 heavy (non-hydrogen) atoms. The first kappa shape index (κ1) is 15.8. The van der Waals surface area contributed by atoms with Crippen molar-refractivity contribution in [2.24, 2.45) is 0 Å². The number of pyridine rings is 1. The lowest BCUT2D eigenvalue weighted by Gasteiger charge is -2.12. The molecule has 0 fully saturated rings. The molecular weight excluding hydrogens is 284 g/mol. The molecule has 1 heterocycles. The second-order valence-electron chi connectivity index (χ2n) is 5.36. The van der Waals surface area contributed by atoms with Crippen molar-refractivity contribution >= 4 is 11.6 Å². The Morgan fingerprint density at radius 3 is 2.76 bits per heavy atom. The van der Waals surface area contributed by atoms with Crippen molar-refractivity contribution in [2.45, 2.75) is 40.0 Å². The predicted molar refractivity (Wildman–Crippen MR) is 86.7 cm³/mol. The van der Waals surface area contributed by atoms with Crippen LogP contribution in [0.2, 0.25) is 5.02 Å². The Morgan fingerprint density at radius 1 is 1.29 bits per heavy atom. The van der Waals surface area contributed by atoms with Crippen LogP contribution in [0, 0.1) is 6.92 Å². The van der Waals surface area contributed by atoms with Crippen LogP contribution in [0.1, 0.15) is 30.7 Å². The Bertz CT molecular complexity index is 599. The Labute approximate surface area is 131 Å². The Morgan fingerprint density at radius 2 is 2.10 bits per heavy atom. The fourth-order valence-corrected chi connectivity index (χ4v) is 2.17. The molecule has 1 aromatic heterocycles. The van der Waals surface area contributed by atoms with Gasteiger partial charge in [0.1, 0.15) is 12.4 Å². The molecule has 0 saturated heterocycles. The zero-order chi connectivity index (χ0) is 15.2. The lowest BCUT2D eigenvalue weighted by molar-refractivity contribution is 0.300. The van der Waals surface area contributed by atoms with Crippen LogP contribution in [0.5, 0.6) is 5.75 Å². The molecule has 0 bridgehead atoms. The van der Waals surface area contributed by atoms with E-state index in [-0.39, 0.29) is 0 Å². The van der Waals surface area contributed by atoms with Crippen molar-refractivity contribution in [3.05, 3.63) is 58.4 Å². The molecular formula is C17H21ClN2O. The third-order valence-corrected chi connectivity index (χ3v) is 3.49. The van der Waals surface area contributed by atoms with Gasteiger partial charge in [-0.05, 0) is 36.2 Å². The summed E-state index contributed by atoms with van der Waals surface area (Å²) in [5.41, 5.74) is 3.19. The first-order valence-corrected chi connectivity index (χ1v) is 7.49. The van der Waals surface area contributed by atoms with Crippen LogP contribution in [0.25, 0.3) is 0 Å². The summed E-state index contributed by atoms with van der Waals surface area (Å²) in [6, 6.07) is 10.3. The van der Waals surface area contributed by atoms with Crippen molar-refractivity contribution in [1.29, 1.82) is 0 Å². The highest BCUT2D eigenvalue weighted by Gasteiger charge is 2.06. The van der Waals surface area contributed by atoms with Gasteiger partial charge in [-0.3, -0.25) is 4.98 Å². The maximum atomic E-state index is 6.28. The van der Waals surface area contributed by atoms with E-state index in [1.165, 1.54) is 0 Å². The van der Waals surface area contributed by atoms with E-state index in [9.17, 15) is 0 Å². The summed E-state index contributed by atoms with van der Waals surface area (Å²) in [5.74, 6) is 0.690. The minimum Gasteiger partial charge on any atom is -0.486 e. The summed E-state index contributed by atoms with van der Waals surface area (Å²) in [4.78, 5) is 4.31. The number of aryl methyl sites for hydroxylation is 1. The summed E-state index contributed by atoms with van der Waals surface area (Å²) < 4.78 is 5.77. The van der Waals surface area contributed by atoms with Crippen LogP contribution in [-0.2, 0) is 13.2 Å². The van der Waals surface area contributed by atoms with Crippen molar-refractivity contribution in [1.82, 2.24) is 10.3 Å². The minimum absolute atomic E-state index is 0.427. The Kier molecular flexibility index (Phi) is 5.59. The predicted octanol–water partition coefficient (Wildman–Crippen LogP) is 4.12. The number of nitrogens with zero attached hydrogens (tertiary/aromatic N) is 1. The minimum atomic E-state index is 0.427. The molecule has 2 rings (SSSR count). The van der Waals surface area contributed by atoms with Crippen LogP contribution < -0.4 is 10.1 Å². The normalized spacial score (nSPS) is 10.9. The van der Waals surface area contributed by atoms with E-state index in [1.54, 1.807) is 6.20 Å². The van der Waals surface area contributed by atoms with Crippen molar-refractivity contribution in [3.63, 3.8) is 0 Å². The van der Waals surface area contributed by atoms with Crippen LogP contribution in [-0.4, -0.2) is 11.0 Å². The van der Waals surface area contributed by atoms with Crippen LogP contribution in [0.4, 0.5) is 0 Å². The number of benzene rings is 1. The topological polar surface area (TPSA) is 34.1 Å². The van der Waals surface area contributed by atoms with Gasteiger partial charge in [0.2, 0.25) is 0 Å². The van der Waals surface area contributed by atoms with E-state index < -0.39 is 0 Å². The highest BCUT2D eigenvalue weighted by atomic mass is 35.5. The zero-order valence-corrected chi connectivity index (χ0v) is 13.4. The quantitative estimate of drug-likeness (QED) is 0.871. The smallest absolute Gasteiger partial charge is 0.138 e. The Hall–Kier alpha value is -1.58. The van der Waals surface area contributed by atoms with Gasteiger partial charge in [-0.1, -0.05) is 37.6 Å². The van der Waals surface area contributed by atoms with Gasteiger partial charge in [0.25, 0.3) is 0 Å². The zero-order valence-electron chi connectivity index (χ0n) is 12.7. The fraction of sp³-hybridized carbons (Fsp3) is 0.353. The SMILES string of the molecule is Cc1cccnc1COc1ccc(CNC(C)C)cc1Cl. The molecule has 0 amide bonds. The highest BCUT2D eigenvalue weighted by molar-refractivity contribution is 6.32. The lowest BCUT2D eigenvalue weighted by Crippen LogP contribution is -2.21. The van der Waals surface area contributed by atoms with E-state index in [1.807, 2.05) is 37.3 Å². The molecule has 0 unspecified atom stereocenters. The number of rotatable bonds is 6. The number of hydrogen-bond acceptors (Lipinski definition) is 3. The largest absolute Gasteiger partial charge is 0.486 e. The average molecular weight is 305 g/mol. The summed E-state index contributed by atoms with van der Waals surface area (Å²) in [7, 11) is 0. The molecule has 0 spiro atoms. The standard InChI is InChI=1S/C17H21ClN2O/c1-12(2)20-10-14-6-7-17(15(18)9-14)21-11-16-13(3)5-4-8-19-16/h4-9,12,20H,10-11H2,1-3H3. The van der Waals surface area contributed by atoms with Crippen molar-refractivity contribution in [3.8, 4) is 5.75 Å². The molecule has 3 nitrogen and oxygen atoms in total. The van der Waals surface area contributed by atoms with Gasteiger partial charge >= 0.3 is 0 Å². The maximum absolute atomic E-state index is 6.28. The van der Waals surface area contributed by atoms with E-state index >= 15 is 0 Å². The molecule has 2 aromatic rings. The Balaban J connectivity index is 1.99. The van der Waals surface area contributed by atoms with Gasteiger partial charge in [0.05, 0.1) is 10.7 Å². The number of halogens is 1. The number of nitrogens with one attached hydrogen (secondary N) is 1. The van der Waals surface area contributed by atoms with Crippen LogP contribution in [0.15, 0.2) is 36.5 Å². The van der Waals surface area contributed by atoms with Gasteiger partial charge in [-0.15, -0.1) is 0 Å². The van der Waals surface area contributed by atoms with Gasteiger partial charge in [-0.25, -0.2) is 0 Å². The van der Waals surface area contributed by atoms with E-state index in [2.05, 4.69) is 24.1 Å². The summed E-state index contributed by atoms with van der Waals surface area (Å²) in [6.07, 6.45) is 1.77. The van der Waals surface area contributed by atoms with Crippen LogP contribution >= 0.6 is 11.6 Å². The molecule has 112 valence electrons. The highest BCUT2D eigenvalue weighted by Crippen LogP contribution is 2.26. The molecule has 0 aliphatic rings. The maximum Gasteiger partial charge on any atom is 0.138 e. The third-order valence-electron chi connectivity index (χ3n) is 3.19. The molecule has 1 aromatic carbocycles. The van der Waals surface area contributed by atoms with E-state index in [0.717, 1.165) is 23.4 Å². The average Bonchev–Trinajstić information content (AvgIpc) is 2.45. The monoisotopic (exact) mass is 304 g/mol. The second-order valence-corrected chi connectivity index (χ2v) is 5.76. The van der Waals surface area contributed by atoms with Gasteiger partial charge in [0.15, 0.2) is 0 Å². The van der Waals surface area contributed by atoms with Gasteiger partial charge < -0.3 is 10.1 Å². The molecule has 1 N–H and O–H groups in total. The van der Waals surface area contributed by atoms with Crippen molar-refractivity contribution in [2.75, 3.05) is 0 Å². The fourth-order valence-electron chi connectivity index (χ4n) is 1.91. The molecule has 0 aliphatic heterocycles. The van der Waals surface area contributed by atoms with Gasteiger partial charge in [-0.2, -0.15) is 0 Å². The molecule has 0 aliphatic carbocycles. The molecule has 4 heteroatoms. The van der Waals surface area contributed by atoms with E-state index in [0.29, 0.717) is 23.4 Å². The lowest BCUT2D eigenvalue weighted by atomic mass is 10.2. The molecule has 0 saturated carbocycles. The van der Waals surface area contributed by atoms with Gasteiger partial charge in [0, 0.05) is 18.8 Å². The third kappa shape index (κ3) is 4.73. The van der Waals surface area contributed by atoms with Crippen molar-refractivity contribution < 1.29 is 4.74 Å².